The van der Waals surface area contributed by atoms with Crippen molar-refractivity contribution < 1.29 is 0 Å². The van der Waals surface area contributed by atoms with E-state index < -0.39 is 4.58 Å². The molecule has 0 amide bonds. The summed E-state index contributed by atoms with van der Waals surface area (Å²) in [6, 6.07) is 0. The lowest BCUT2D eigenvalue weighted by Gasteiger charge is -2.29. The lowest BCUT2D eigenvalue weighted by molar-refractivity contribution is 0.249. The minimum absolute atomic E-state index is 0.889. The van der Waals surface area contributed by atoms with Gasteiger partial charge in [-0.2, -0.15) is 0 Å². The quantitative estimate of drug-likeness (QED) is 0.397. The van der Waals surface area contributed by atoms with Gasteiger partial charge < -0.3 is 9.80 Å². The van der Waals surface area contributed by atoms with E-state index in [1.165, 1.54) is 0 Å². The molecule has 0 bridgehead atoms. The van der Waals surface area contributed by atoms with Gasteiger partial charge in [0.25, 0.3) is 4.58 Å². The van der Waals surface area contributed by atoms with Crippen LogP contribution in [0, 0.1) is 0 Å². The van der Waals surface area contributed by atoms with Crippen LogP contribution in [0.25, 0.3) is 0 Å². The Morgan fingerprint density at radius 1 is 1.11 bits per heavy atom. The molecular formula is C5H8Cl2N2. The molecule has 0 fully saturated rings. The van der Waals surface area contributed by atoms with E-state index in [-0.39, 0.29) is 0 Å². The maximum atomic E-state index is 5.82. The van der Waals surface area contributed by atoms with Gasteiger partial charge in [0.15, 0.2) is 0 Å². The summed E-state index contributed by atoms with van der Waals surface area (Å²) < 4.78 is -0.889. The zero-order valence-electron chi connectivity index (χ0n) is 5.31. The molecule has 0 N–H and O–H groups in total. The molecule has 9 heavy (non-hydrogen) atoms. The van der Waals surface area contributed by atoms with Gasteiger partial charge in [0.1, 0.15) is 0 Å². The van der Waals surface area contributed by atoms with Crippen molar-refractivity contribution in [2.45, 2.75) is 4.58 Å². The smallest absolute Gasteiger partial charge is 0.269 e. The molecule has 0 atom stereocenters. The lowest BCUT2D eigenvalue weighted by Crippen LogP contribution is -2.39. The third-order valence-electron chi connectivity index (χ3n) is 1.36. The highest BCUT2D eigenvalue weighted by Crippen LogP contribution is 2.32. The van der Waals surface area contributed by atoms with Crippen molar-refractivity contribution in [2.24, 2.45) is 0 Å². The molecule has 0 aromatic heterocycles. The van der Waals surface area contributed by atoms with Gasteiger partial charge >= 0.3 is 0 Å². The van der Waals surface area contributed by atoms with E-state index in [0.29, 0.717) is 0 Å². The molecular weight excluding hydrogens is 159 g/mol. The average Bonchev–Trinajstić information content (AvgIpc) is 1.96. The minimum atomic E-state index is -0.889. The van der Waals surface area contributed by atoms with Crippen LogP contribution in [-0.4, -0.2) is 28.5 Å². The van der Waals surface area contributed by atoms with Gasteiger partial charge in [0.2, 0.25) is 0 Å². The third kappa shape index (κ3) is 0.970. The Labute approximate surface area is 64.6 Å². The van der Waals surface area contributed by atoms with E-state index in [4.69, 9.17) is 23.2 Å². The molecule has 1 heterocycles. The first-order chi connectivity index (χ1) is 4.05. The van der Waals surface area contributed by atoms with Gasteiger partial charge in [0, 0.05) is 26.5 Å². The Morgan fingerprint density at radius 2 is 1.44 bits per heavy atom. The van der Waals surface area contributed by atoms with Gasteiger partial charge in [0.05, 0.1) is 0 Å². The molecule has 0 saturated carbocycles. The van der Waals surface area contributed by atoms with Gasteiger partial charge in [-0.15, -0.1) is 0 Å². The largest absolute Gasteiger partial charge is 0.331 e. The standard InChI is InChI=1S/C5H8Cl2N2/c1-8-3-4-9(2)5(8,6)7/h3-4H,1-2H3. The summed E-state index contributed by atoms with van der Waals surface area (Å²) in [4.78, 5) is 3.44. The van der Waals surface area contributed by atoms with Gasteiger partial charge in [-0.3, -0.25) is 0 Å². The summed E-state index contributed by atoms with van der Waals surface area (Å²) in [5, 5.41) is 0. The zero-order chi connectivity index (χ0) is 7.07. The van der Waals surface area contributed by atoms with Crippen LogP contribution in [0.3, 0.4) is 0 Å². The molecule has 1 aliphatic heterocycles. The number of rotatable bonds is 0. The molecule has 4 heteroatoms. The zero-order valence-corrected chi connectivity index (χ0v) is 6.82. The molecule has 2 nitrogen and oxygen atoms in total. The van der Waals surface area contributed by atoms with Crippen LogP contribution in [0.1, 0.15) is 0 Å². The van der Waals surface area contributed by atoms with Crippen molar-refractivity contribution in [3.63, 3.8) is 0 Å². The molecule has 0 radical (unpaired) electrons. The van der Waals surface area contributed by atoms with Crippen molar-refractivity contribution in [1.29, 1.82) is 0 Å². The summed E-state index contributed by atoms with van der Waals surface area (Å²) in [5.74, 6) is 0. The molecule has 0 aromatic rings. The second-order valence-corrected chi connectivity index (χ2v) is 3.28. The van der Waals surface area contributed by atoms with Gasteiger partial charge in [-0.1, -0.05) is 23.2 Å². The number of alkyl halides is 2. The summed E-state index contributed by atoms with van der Waals surface area (Å²) in [7, 11) is 3.64. The number of halogens is 2. The second kappa shape index (κ2) is 1.96. The van der Waals surface area contributed by atoms with E-state index in [1.807, 2.05) is 26.5 Å². The van der Waals surface area contributed by atoms with Crippen molar-refractivity contribution in [3.05, 3.63) is 12.4 Å². The van der Waals surface area contributed by atoms with E-state index in [9.17, 15) is 0 Å². The van der Waals surface area contributed by atoms with E-state index >= 15 is 0 Å². The Balaban J connectivity index is 2.76. The summed E-state index contributed by atoms with van der Waals surface area (Å²) >= 11 is 11.6. The van der Waals surface area contributed by atoms with Crippen LogP contribution >= 0.6 is 23.2 Å². The predicted octanol–water partition coefficient (Wildman–Crippen LogP) is 1.42. The van der Waals surface area contributed by atoms with Crippen LogP contribution in [0.5, 0.6) is 0 Å². The fourth-order valence-corrected chi connectivity index (χ4v) is 0.854. The van der Waals surface area contributed by atoms with Crippen LogP contribution < -0.4 is 0 Å². The van der Waals surface area contributed by atoms with Crippen molar-refractivity contribution >= 4 is 23.2 Å². The Hall–Kier alpha value is -0.0800. The molecule has 0 spiro atoms. The first-order valence-corrected chi connectivity index (χ1v) is 3.33. The summed E-state index contributed by atoms with van der Waals surface area (Å²) in [6.45, 7) is 0. The fourth-order valence-electron chi connectivity index (χ4n) is 0.628. The minimum Gasteiger partial charge on any atom is -0.331 e. The van der Waals surface area contributed by atoms with Crippen molar-refractivity contribution in [3.8, 4) is 0 Å². The SMILES string of the molecule is CN1C=CN(C)C1(Cl)Cl. The normalized spacial score (nSPS) is 23.6. The molecule has 1 rings (SSSR count). The van der Waals surface area contributed by atoms with Crippen LogP contribution in [-0.2, 0) is 0 Å². The second-order valence-electron chi connectivity index (χ2n) is 2.03. The molecule has 0 saturated heterocycles. The summed E-state index contributed by atoms with van der Waals surface area (Å²) in [6.07, 6.45) is 3.64. The Kier molecular flexibility index (Phi) is 1.53. The highest BCUT2D eigenvalue weighted by molar-refractivity contribution is 6.47. The van der Waals surface area contributed by atoms with E-state index in [1.54, 1.807) is 9.80 Å². The molecule has 0 aliphatic carbocycles. The Bertz CT molecular complexity index is 130. The highest BCUT2D eigenvalue weighted by Gasteiger charge is 2.34. The maximum absolute atomic E-state index is 5.82. The first-order valence-electron chi connectivity index (χ1n) is 2.57. The predicted molar refractivity (Wildman–Crippen MR) is 39.1 cm³/mol. The summed E-state index contributed by atoms with van der Waals surface area (Å²) in [5.41, 5.74) is 0. The molecule has 0 unspecified atom stereocenters. The Morgan fingerprint density at radius 3 is 1.56 bits per heavy atom. The third-order valence-corrected chi connectivity index (χ3v) is 2.43. The number of hydrogen-bond acceptors (Lipinski definition) is 2. The van der Waals surface area contributed by atoms with Crippen LogP contribution in [0.4, 0.5) is 0 Å². The fraction of sp³-hybridized carbons (Fsp3) is 0.600. The molecule has 1 aliphatic rings. The topological polar surface area (TPSA) is 6.48 Å². The van der Waals surface area contributed by atoms with E-state index in [0.717, 1.165) is 0 Å². The monoisotopic (exact) mass is 166 g/mol. The maximum Gasteiger partial charge on any atom is 0.269 e. The van der Waals surface area contributed by atoms with Crippen LogP contribution in [0.15, 0.2) is 12.4 Å². The van der Waals surface area contributed by atoms with Gasteiger partial charge in [-0.25, -0.2) is 0 Å². The molecule has 0 aromatic carbocycles. The number of nitrogens with zero attached hydrogens (tertiary/aromatic N) is 2. The molecule has 52 valence electrons. The first kappa shape index (κ1) is 7.03. The lowest BCUT2D eigenvalue weighted by atomic mass is 10.8. The average molecular weight is 167 g/mol. The van der Waals surface area contributed by atoms with Crippen molar-refractivity contribution in [1.82, 2.24) is 9.80 Å². The van der Waals surface area contributed by atoms with Gasteiger partial charge in [-0.05, 0) is 0 Å². The highest BCUT2D eigenvalue weighted by atomic mass is 35.5. The number of hydrogen-bond donors (Lipinski definition) is 0. The van der Waals surface area contributed by atoms with Crippen LogP contribution in [0.2, 0.25) is 0 Å². The van der Waals surface area contributed by atoms with E-state index in [2.05, 4.69) is 0 Å². The van der Waals surface area contributed by atoms with Crippen molar-refractivity contribution in [2.75, 3.05) is 14.1 Å².